The molecule has 0 saturated heterocycles. The molecule has 1 aromatic heterocycles. The number of fused-ring (bicyclic) bond motifs is 3. The van der Waals surface area contributed by atoms with Crippen molar-refractivity contribution in [1.82, 2.24) is 4.90 Å². The number of aryl methyl sites for hydroxylation is 1. The highest BCUT2D eigenvalue weighted by Gasteiger charge is 2.12. The number of alkyl halides is 1. The maximum atomic E-state index is 2.94. The Bertz CT molecular complexity index is 742. The molecule has 0 atom stereocenters. The van der Waals surface area contributed by atoms with Crippen LogP contribution in [0.3, 0.4) is 0 Å². The van der Waals surface area contributed by atoms with Crippen LogP contribution in [0.1, 0.15) is 6.42 Å². The van der Waals surface area contributed by atoms with Crippen LogP contribution in [-0.4, -0.2) is 31.4 Å². The molecule has 2 nitrogen and oxygen atoms in total. The average Bonchev–Trinajstić information content (AvgIpc) is 2.56. The highest BCUT2D eigenvalue weighted by atomic mass is 79.9. The zero-order chi connectivity index (χ0) is 15.9. The lowest BCUT2D eigenvalue weighted by atomic mass is 10.1. The summed E-state index contributed by atoms with van der Waals surface area (Å²) in [4.78, 5) is 2.24. The molecule has 0 N–H and O–H groups in total. The number of nitrogens with zero attached hydrogens (tertiary/aromatic N) is 2. The highest BCUT2D eigenvalue weighted by Crippen LogP contribution is 2.21. The van der Waals surface area contributed by atoms with Crippen LogP contribution in [0, 0.1) is 0 Å². The summed E-state index contributed by atoms with van der Waals surface area (Å²) in [5.74, 6) is 1.81. The van der Waals surface area contributed by atoms with Gasteiger partial charge in [-0.15, -0.1) is 0 Å². The molecular weight excluding hydrogens is 416 g/mol. The molecule has 2 aromatic carbocycles. The maximum absolute atomic E-state index is 2.94. The minimum Gasteiger partial charge on any atom is -1.00 e. The minimum absolute atomic E-state index is 0. The number of hydrogen-bond acceptors (Lipinski definition) is 1. The van der Waals surface area contributed by atoms with Gasteiger partial charge in [0.15, 0.2) is 6.20 Å². The van der Waals surface area contributed by atoms with Gasteiger partial charge in [0.25, 0.3) is 0 Å². The number of pyridine rings is 1. The van der Waals surface area contributed by atoms with E-state index >= 15 is 0 Å². The minimum atomic E-state index is 0. The third-order valence-corrected chi connectivity index (χ3v) is 3.76. The standard InChI is InChI=1S/C18H21N2.CH3Br.BrH/c1-19(2)12-7-13-20-14-15-8-3-4-9-16(15)17-10-5-6-11-18(17)20;1-2;/h3-6,8-11,14H,7,12-13H2,1-2H3;1H3;1H/q+1;;/p-1. The van der Waals surface area contributed by atoms with Crippen molar-refractivity contribution in [3.63, 3.8) is 0 Å². The van der Waals surface area contributed by atoms with Crippen molar-refractivity contribution >= 4 is 37.6 Å². The van der Waals surface area contributed by atoms with Crippen LogP contribution in [0.5, 0.6) is 0 Å². The molecule has 0 bridgehead atoms. The summed E-state index contributed by atoms with van der Waals surface area (Å²) in [6, 6.07) is 17.3. The lowest BCUT2D eigenvalue weighted by molar-refractivity contribution is -0.670. The highest BCUT2D eigenvalue weighted by molar-refractivity contribution is 9.08. The summed E-state index contributed by atoms with van der Waals surface area (Å²) < 4.78 is 2.39. The van der Waals surface area contributed by atoms with E-state index in [1.807, 2.05) is 5.83 Å². The lowest BCUT2D eigenvalue weighted by Crippen LogP contribution is -3.00. The lowest BCUT2D eigenvalue weighted by Gasteiger charge is -2.09. The van der Waals surface area contributed by atoms with Crippen LogP contribution >= 0.6 is 15.9 Å². The molecule has 4 heteroatoms. The van der Waals surface area contributed by atoms with E-state index in [1.54, 1.807) is 0 Å². The van der Waals surface area contributed by atoms with Crippen molar-refractivity contribution in [2.75, 3.05) is 26.5 Å². The van der Waals surface area contributed by atoms with Crippen LogP contribution < -0.4 is 21.5 Å². The Morgan fingerprint density at radius 3 is 2.22 bits per heavy atom. The Morgan fingerprint density at radius 2 is 1.52 bits per heavy atom. The van der Waals surface area contributed by atoms with Gasteiger partial charge in [0, 0.05) is 29.8 Å². The normalized spacial score (nSPS) is 10.3. The summed E-state index contributed by atoms with van der Waals surface area (Å²) in [5, 5.41) is 4.00. The summed E-state index contributed by atoms with van der Waals surface area (Å²) in [6.07, 6.45) is 3.45. The molecule has 0 spiro atoms. The van der Waals surface area contributed by atoms with Gasteiger partial charge < -0.3 is 21.9 Å². The van der Waals surface area contributed by atoms with Gasteiger partial charge in [-0.05, 0) is 32.1 Å². The Hall–Kier alpha value is -0.970. The first kappa shape index (κ1) is 20.1. The smallest absolute Gasteiger partial charge is 0.213 e. The molecule has 0 saturated carbocycles. The molecule has 1 heterocycles. The van der Waals surface area contributed by atoms with E-state index in [9.17, 15) is 0 Å². The molecule has 23 heavy (non-hydrogen) atoms. The molecule has 0 aliphatic carbocycles. The molecule has 124 valence electrons. The molecule has 0 aliphatic rings. The molecule has 0 amide bonds. The van der Waals surface area contributed by atoms with Crippen molar-refractivity contribution in [3.05, 3.63) is 54.7 Å². The molecule has 3 aromatic rings. The second-order valence-electron chi connectivity index (χ2n) is 5.58. The Morgan fingerprint density at radius 1 is 0.913 bits per heavy atom. The van der Waals surface area contributed by atoms with Crippen molar-refractivity contribution in [1.29, 1.82) is 0 Å². The Labute approximate surface area is 158 Å². The van der Waals surface area contributed by atoms with Gasteiger partial charge in [0.05, 0.1) is 5.39 Å². The first-order chi connectivity index (χ1) is 10.8. The molecule has 0 aliphatic heterocycles. The predicted octanol–water partition coefficient (Wildman–Crippen LogP) is 1.25. The molecule has 0 fully saturated rings. The number of para-hydroxylation sites is 1. The van der Waals surface area contributed by atoms with Crippen molar-refractivity contribution < 1.29 is 21.5 Å². The first-order valence-corrected chi connectivity index (χ1v) is 9.17. The Balaban J connectivity index is 0.000000849. The zero-order valence-electron chi connectivity index (χ0n) is 14.0. The van der Waals surface area contributed by atoms with Gasteiger partial charge in [-0.1, -0.05) is 46.3 Å². The molecular formula is C19H24Br2N2. The first-order valence-electron chi connectivity index (χ1n) is 7.58. The summed E-state index contributed by atoms with van der Waals surface area (Å²) in [7, 11) is 4.26. The fourth-order valence-corrected chi connectivity index (χ4v) is 2.79. The summed E-state index contributed by atoms with van der Waals surface area (Å²) in [6.45, 7) is 2.18. The summed E-state index contributed by atoms with van der Waals surface area (Å²) in [5.41, 5.74) is 1.32. The quantitative estimate of drug-likeness (QED) is 0.337. The number of aromatic nitrogens is 1. The largest absolute Gasteiger partial charge is 1.00 e. The van der Waals surface area contributed by atoms with Crippen LogP contribution in [0.15, 0.2) is 54.7 Å². The van der Waals surface area contributed by atoms with Gasteiger partial charge in [-0.3, -0.25) is 0 Å². The molecule has 0 radical (unpaired) electrons. The van der Waals surface area contributed by atoms with Crippen LogP contribution in [0.4, 0.5) is 0 Å². The van der Waals surface area contributed by atoms with E-state index in [2.05, 4.69) is 94.2 Å². The Kier molecular flexibility index (Phi) is 8.74. The summed E-state index contributed by atoms with van der Waals surface area (Å²) >= 11 is 2.94. The number of halogens is 2. The van der Waals surface area contributed by atoms with Gasteiger partial charge in [0.2, 0.25) is 5.52 Å². The predicted molar refractivity (Wildman–Crippen MR) is 99.7 cm³/mol. The van der Waals surface area contributed by atoms with Crippen LogP contribution in [0.25, 0.3) is 21.7 Å². The fourth-order valence-electron chi connectivity index (χ4n) is 2.79. The second kappa shape index (κ2) is 10.0. The van der Waals surface area contributed by atoms with Crippen LogP contribution in [-0.2, 0) is 6.54 Å². The van der Waals surface area contributed by atoms with E-state index in [0.717, 1.165) is 13.1 Å². The van der Waals surface area contributed by atoms with Gasteiger partial charge in [-0.2, -0.15) is 4.57 Å². The topological polar surface area (TPSA) is 7.12 Å². The van der Waals surface area contributed by atoms with E-state index in [0.29, 0.717) is 0 Å². The maximum Gasteiger partial charge on any atom is 0.213 e. The SMILES string of the molecule is CBr.CN(C)CCC[n+]1cc2ccccc2c2ccccc21.[Br-]. The molecule has 0 unspecified atom stereocenters. The third kappa shape index (κ3) is 5.00. The number of hydrogen-bond donors (Lipinski definition) is 0. The number of benzene rings is 2. The van der Waals surface area contributed by atoms with Crippen molar-refractivity contribution in [3.8, 4) is 0 Å². The van der Waals surface area contributed by atoms with E-state index in [-0.39, 0.29) is 17.0 Å². The monoisotopic (exact) mass is 438 g/mol. The van der Waals surface area contributed by atoms with Gasteiger partial charge in [0.1, 0.15) is 6.54 Å². The fraction of sp³-hybridized carbons (Fsp3) is 0.316. The van der Waals surface area contributed by atoms with Crippen LogP contribution in [0.2, 0.25) is 0 Å². The van der Waals surface area contributed by atoms with Crippen molar-refractivity contribution in [2.45, 2.75) is 13.0 Å². The van der Waals surface area contributed by atoms with E-state index < -0.39 is 0 Å². The second-order valence-corrected chi connectivity index (χ2v) is 5.58. The zero-order valence-corrected chi connectivity index (χ0v) is 17.1. The molecule has 3 rings (SSSR count). The van der Waals surface area contributed by atoms with Gasteiger partial charge >= 0.3 is 0 Å². The average molecular weight is 440 g/mol. The van der Waals surface area contributed by atoms with Gasteiger partial charge in [-0.25, -0.2) is 0 Å². The van der Waals surface area contributed by atoms with Crippen molar-refractivity contribution in [2.24, 2.45) is 0 Å². The third-order valence-electron chi connectivity index (χ3n) is 3.76. The van der Waals surface area contributed by atoms with E-state index in [4.69, 9.17) is 0 Å². The van der Waals surface area contributed by atoms with E-state index in [1.165, 1.54) is 28.1 Å². The number of rotatable bonds is 4.